The zero-order chi connectivity index (χ0) is 16.2. The molecule has 0 aliphatic heterocycles. The van der Waals surface area contributed by atoms with Crippen LogP contribution in [0.3, 0.4) is 0 Å². The monoisotopic (exact) mass is 330 g/mol. The summed E-state index contributed by atoms with van der Waals surface area (Å²) in [5.74, 6) is 0.0206. The lowest BCUT2D eigenvalue weighted by molar-refractivity contribution is 0.599. The van der Waals surface area contributed by atoms with E-state index in [2.05, 4.69) is 43.9 Å². The quantitative estimate of drug-likeness (QED) is 0.783. The van der Waals surface area contributed by atoms with Crippen LogP contribution in [-0.4, -0.2) is 22.2 Å². The van der Waals surface area contributed by atoms with Gasteiger partial charge in [-0.05, 0) is 17.7 Å². The van der Waals surface area contributed by atoms with Gasteiger partial charge in [0.1, 0.15) is 0 Å². The Morgan fingerprint density at radius 3 is 2.05 bits per heavy atom. The van der Waals surface area contributed by atoms with Crippen LogP contribution >= 0.6 is 0 Å². The summed E-state index contributed by atoms with van der Waals surface area (Å²) in [4.78, 5) is 0.369. The first-order chi connectivity index (χ1) is 10.3. The normalized spacial score (nSPS) is 12.7. The van der Waals surface area contributed by atoms with Crippen molar-refractivity contribution in [2.24, 2.45) is 0 Å². The lowest BCUT2D eigenvalue weighted by atomic mass is 10.2. The molecule has 116 valence electrons. The third kappa shape index (κ3) is 4.42. The average molecular weight is 331 g/mol. The summed E-state index contributed by atoms with van der Waals surface area (Å²) in [5, 5.41) is 1.40. The lowest BCUT2D eigenvalue weighted by Gasteiger charge is -2.16. The van der Waals surface area contributed by atoms with E-state index in [1.165, 1.54) is 5.19 Å². The van der Waals surface area contributed by atoms with Crippen molar-refractivity contribution in [1.29, 1.82) is 0 Å². The van der Waals surface area contributed by atoms with E-state index in [-0.39, 0.29) is 5.75 Å². The van der Waals surface area contributed by atoms with Gasteiger partial charge in [-0.2, -0.15) is 0 Å². The van der Waals surface area contributed by atoms with Gasteiger partial charge in [0.05, 0.1) is 18.7 Å². The molecule has 0 aromatic heterocycles. The summed E-state index contributed by atoms with van der Waals surface area (Å²) < 4.78 is 24.3. The first-order valence-electron chi connectivity index (χ1n) is 7.34. The molecular weight excluding hydrogens is 308 g/mol. The molecule has 2 nitrogen and oxygen atoms in total. The molecule has 0 amide bonds. The maximum atomic E-state index is 12.2. The zero-order valence-corrected chi connectivity index (χ0v) is 15.1. The van der Waals surface area contributed by atoms with Crippen molar-refractivity contribution in [3.05, 3.63) is 66.2 Å². The Kier molecular flexibility index (Phi) is 5.03. The summed E-state index contributed by atoms with van der Waals surface area (Å²) in [6.07, 6.45) is 3.58. The van der Waals surface area contributed by atoms with Crippen molar-refractivity contribution < 1.29 is 8.42 Å². The Labute approximate surface area is 134 Å². The second-order valence-electron chi connectivity index (χ2n) is 6.37. The van der Waals surface area contributed by atoms with Crippen LogP contribution < -0.4 is 5.19 Å². The molecule has 0 saturated heterocycles. The van der Waals surface area contributed by atoms with Crippen molar-refractivity contribution in [3.63, 3.8) is 0 Å². The minimum atomic E-state index is -3.24. The molecule has 0 aliphatic carbocycles. The Bertz CT molecular complexity index is 740. The molecule has 0 saturated carbocycles. The highest BCUT2D eigenvalue weighted by atomic mass is 32.2. The Hall–Kier alpha value is -1.65. The summed E-state index contributed by atoms with van der Waals surface area (Å²) in [5.41, 5.74) is 1.03. The Balaban J connectivity index is 2.07. The molecule has 0 atom stereocenters. The van der Waals surface area contributed by atoms with Crippen LogP contribution in [0.15, 0.2) is 65.6 Å². The molecule has 4 heteroatoms. The van der Waals surface area contributed by atoms with Crippen molar-refractivity contribution in [1.82, 2.24) is 0 Å². The molecule has 2 rings (SSSR count). The standard InChI is InChI=1S/C18H22O2SSi/c1-22(2,3)18-13-11-16(12-14-18)8-7-15-21(19,20)17-9-5-4-6-10-17/h4-14H,15H2,1-3H3/b8-7+. The van der Waals surface area contributed by atoms with Gasteiger partial charge in [-0.15, -0.1) is 0 Å². The van der Waals surface area contributed by atoms with Gasteiger partial charge in [0, 0.05) is 0 Å². The minimum Gasteiger partial charge on any atom is -0.223 e. The second kappa shape index (κ2) is 6.63. The number of hydrogen-bond donors (Lipinski definition) is 0. The van der Waals surface area contributed by atoms with E-state index in [4.69, 9.17) is 0 Å². The number of sulfone groups is 1. The second-order valence-corrected chi connectivity index (χ2v) is 13.5. The third-order valence-electron chi connectivity index (χ3n) is 3.50. The zero-order valence-electron chi connectivity index (χ0n) is 13.3. The van der Waals surface area contributed by atoms with Gasteiger partial charge < -0.3 is 0 Å². The highest BCUT2D eigenvalue weighted by Gasteiger charge is 2.15. The molecule has 0 radical (unpaired) electrons. The van der Waals surface area contributed by atoms with Gasteiger partial charge in [0.25, 0.3) is 0 Å². The first kappa shape index (κ1) is 16.7. The predicted molar refractivity (Wildman–Crippen MR) is 97.0 cm³/mol. The van der Waals surface area contributed by atoms with Gasteiger partial charge >= 0.3 is 0 Å². The smallest absolute Gasteiger partial charge is 0.181 e. The lowest BCUT2D eigenvalue weighted by Crippen LogP contribution is -2.37. The third-order valence-corrected chi connectivity index (χ3v) is 7.19. The van der Waals surface area contributed by atoms with E-state index < -0.39 is 17.9 Å². The molecule has 0 N–H and O–H groups in total. The fraction of sp³-hybridized carbons (Fsp3) is 0.222. The molecule has 0 unspecified atom stereocenters. The molecule has 2 aromatic rings. The topological polar surface area (TPSA) is 34.1 Å². The Morgan fingerprint density at radius 1 is 0.909 bits per heavy atom. The van der Waals surface area contributed by atoms with Crippen molar-refractivity contribution in [3.8, 4) is 0 Å². The fourth-order valence-electron chi connectivity index (χ4n) is 2.13. The highest BCUT2D eigenvalue weighted by molar-refractivity contribution is 7.91. The van der Waals surface area contributed by atoms with E-state index in [9.17, 15) is 8.42 Å². The Morgan fingerprint density at radius 2 is 1.50 bits per heavy atom. The SMILES string of the molecule is C[Si](C)(C)c1ccc(/C=C/CS(=O)(=O)c2ccccc2)cc1. The highest BCUT2D eigenvalue weighted by Crippen LogP contribution is 2.11. The van der Waals surface area contributed by atoms with Crippen LogP contribution in [0.4, 0.5) is 0 Å². The van der Waals surface area contributed by atoms with Crippen LogP contribution in [0.1, 0.15) is 5.56 Å². The van der Waals surface area contributed by atoms with Crippen LogP contribution in [0.5, 0.6) is 0 Å². The van der Waals surface area contributed by atoms with Gasteiger partial charge in [-0.25, -0.2) is 8.42 Å². The molecule has 0 spiro atoms. The van der Waals surface area contributed by atoms with Crippen LogP contribution in [0.2, 0.25) is 19.6 Å². The molecule has 0 aliphatic rings. The van der Waals surface area contributed by atoms with E-state index in [1.54, 1.807) is 30.3 Å². The summed E-state index contributed by atoms with van der Waals surface area (Å²) in [7, 11) is -4.52. The van der Waals surface area contributed by atoms with Crippen LogP contribution in [0.25, 0.3) is 6.08 Å². The molecule has 0 heterocycles. The summed E-state index contributed by atoms with van der Waals surface area (Å²) >= 11 is 0. The van der Waals surface area contributed by atoms with Gasteiger partial charge in [0.2, 0.25) is 0 Å². The van der Waals surface area contributed by atoms with E-state index in [1.807, 2.05) is 12.1 Å². The largest absolute Gasteiger partial charge is 0.223 e. The molecular formula is C18H22O2SSi. The molecule has 0 bridgehead atoms. The summed E-state index contributed by atoms with van der Waals surface area (Å²) in [6, 6.07) is 17.0. The molecule has 0 fully saturated rings. The van der Waals surface area contributed by atoms with Crippen LogP contribution in [0, 0.1) is 0 Å². The van der Waals surface area contributed by atoms with Crippen molar-refractivity contribution >= 4 is 29.2 Å². The predicted octanol–water partition coefficient (Wildman–Crippen LogP) is 3.72. The van der Waals surface area contributed by atoms with E-state index in [0.29, 0.717) is 4.90 Å². The number of rotatable bonds is 5. The van der Waals surface area contributed by atoms with Gasteiger partial charge in [-0.3, -0.25) is 0 Å². The first-order valence-corrected chi connectivity index (χ1v) is 12.5. The number of hydrogen-bond acceptors (Lipinski definition) is 2. The maximum Gasteiger partial charge on any atom is 0.181 e. The fourth-order valence-corrected chi connectivity index (χ4v) is 4.41. The minimum absolute atomic E-state index is 0.0206. The average Bonchev–Trinajstić information content (AvgIpc) is 2.48. The van der Waals surface area contributed by atoms with Gasteiger partial charge in [0.15, 0.2) is 9.84 Å². The van der Waals surface area contributed by atoms with E-state index in [0.717, 1.165) is 5.56 Å². The summed E-state index contributed by atoms with van der Waals surface area (Å²) in [6.45, 7) is 6.93. The van der Waals surface area contributed by atoms with Crippen molar-refractivity contribution in [2.75, 3.05) is 5.75 Å². The van der Waals surface area contributed by atoms with E-state index >= 15 is 0 Å². The van der Waals surface area contributed by atoms with Gasteiger partial charge in [-0.1, -0.05) is 79.4 Å². The van der Waals surface area contributed by atoms with Crippen molar-refractivity contribution in [2.45, 2.75) is 24.5 Å². The molecule has 2 aromatic carbocycles. The van der Waals surface area contributed by atoms with Crippen LogP contribution in [-0.2, 0) is 9.84 Å². The maximum absolute atomic E-state index is 12.2. The number of benzene rings is 2. The molecule has 22 heavy (non-hydrogen) atoms.